The van der Waals surface area contributed by atoms with E-state index < -0.39 is 0 Å². The van der Waals surface area contributed by atoms with Crippen LogP contribution >= 0.6 is 0 Å². The van der Waals surface area contributed by atoms with E-state index in [9.17, 15) is 0 Å². The van der Waals surface area contributed by atoms with E-state index in [2.05, 4.69) is 65.1 Å². The normalized spacial score (nSPS) is 11.4. The second-order valence-electron chi connectivity index (χ2n) is 8.61. The van der Waals surface area contributed by atoms with Gasteiger partial charge in [0.1, 0.15) is 11.3 Å². The van der Waals surface area contributed by atoms with Crippen molar-refractivity contribution in [3.8, 4) is 0 Å². The van der Waals surface area contributed by atoms with Crippen molar-refractivity contribution >= 4 is 33.4 Å². The Hall–Kier alpha value is -3.08. The number of nitrogens with two attached hydrogens (primary N) is 1. The average molecular weight is 430 g/mol. The Morgan fingerprint density at radius 3 is 2.44 bits per heavy atom. The molecule has 2 aromatic heterocycles. The fourth-order valence-electron chi connectivity index (χ4n) is 4.30. The van der Waals surface area contributed by atoms with Crippen LogP contribution in [-0.2, 0) is 13.0 Å². The molecule has 0 aliphatic rings. The third-order valence-corrected chi connectivity index (χ3v) is 6.10. The van der Waals surface area contributed by atoms with Crippen LogP contribution in [0.15, 0.2) is 48.5 Å². The van der Waals surface area contributed by atoms with E-state index in [0.29, 0.717) is 5.82 Å². The van der Waals surface area contributed by atoms with Gasteiger partial charge in [-0.15, -0.1) is 0 Å². The first-order chi connectivity index (χ1) is 15.7. The molecule has 3 N–H and O–H groups in total. The minimum atomic E-state index is 0.512. The first kappa shape index (κ1) is 22.1. The summed E-state index contributed by atoms with van der Waals surface area (Å²) in [7, 11) is 0. The smallest absolute Gasteiger partial charge is 0.152 e. The Bertz CT molecular complexity index is 1160. The van der Waals surface area contributed by atoms with E-state index in [1.165, 1.54) is 36.9 Å². The van der Waals surface area contributed by atoms with Crippen LogP contribution in [0.1, 0.15) is 63.8 Å². The average Bonchev–Trinajstić information content (AvgIpc) is 3.17. The summed E-state index contributed by atoms with van der Waals surface area (Å²) < 4.78 is 2.35. The molecule has 0 spiro atoms. The van der Waals surface area contributed by atoms with Crippen LogP contribution in [0, 0.1) is 0 Å². The highest BCUT2D eigenvalue weighted by Gasteiger charge is 2.17. The van der Waals surface area contributed by atoms with Crippen molar-refractivity contribution in [3.63, 3.8) is 0 Å². The topological polar surface area (TPSA) is 68.8 Å². The first-order valence-corrected chi connectivity index (χ1v) is 12.1. The third kappa shape index (κ3) is 4.87. The minimum Gasteiger partial charge on any atom is -0.385 e. The molecule has 0 bridgehead atoms. The lowest BCUT2D eigenvalue weighted by atomic mass is 10.1. The number of aryl methyl sites for hydroxylation is 1. The van der Waals surface area contributed by atoms with Crippen LogP contribution in [-0.4, -0.2) is 21.1 Å². The summed E-state index contributed by atoms with van der Waals surface area (Å²) in [5.74, 6) is 1.60. The van der Waals surface area contributed by atoms with Gasteiger partial charge in [-0.3, -0.25) is 0 Å². The molecule has 0 saturated carbocycles. The van der Waals surface area contributed by atoms with Crippen molar-refractivity contribution in [1.82, 2.24) is 14.5 Å². The molecule has 0 aliphatic carbocycles. The monoisotopic (exact) mass is 429 g/mol. The second kappa shape index (κ2) is 10.5. The number of hydrogen-bond acceptors (Lipinski definition) is 4. The van der Waals surface area contributed by atoms with E-state index in [1.54, 1.807) is 0 Å². The molecule has 0 amide bonds. The summed E-state index contributed by atoms with van der Waals surface area (Å²) in [6, 6.07) is 17.0. The molecule has 2 aromatic carbocycles. The number of aromatic nitrogens is 3. The number of pyridine rings is 1. The quantitative estimate of drug-likeness (QED) is 0.265. The van der Waals surface area contributed by atoms with Gasteiger partial charge in [-0.05, 0) is 36.6 Å². The van der Waals surface area contributed by atoms with E-state index in [4.69, 9.17) is 10.7 Å². The molecule has 5 nitrogen and oxygen atoms in total. The summed E-state index contributed by atoms with van der Waals surface area (Å²) in [6.07, 6.45) is 8.28. The van der Waals surface area contributed by atoms with Crippen molar-refractivity contribution in [2.24, 2.45) is 0 Å². The molecule has 2 heterocycles. The van der Waals surface area contributed by atoms with Crippen LogP contribution in [0.2, 0.25) is 0 Å². The van der Waals surface area contributed by atoms with Gasteiger partial charge in [0.15, 0.2) is 5.82 Å². The van der Waals surface area contributed by atoms with Crippen molar-refractivity contribution in [3.05, 3.63) is 59.9 Å². The Morgan fingerprint density at radius 1 is 0.875 bits per heavy atom. The number of nitrogens with one attached hydrogen (secondary N) is 1. The number of nitrogens with zero attached hydrogens (tertiary/aromatic N) is 3. The maximum atomic E-state index is 6.33. The zero-order valence-corrected chi connectivity index (χ0v) is 19.4. The molecule has 4 aromatic rings. The van der Waals surface area contributed by atoms with Crippen molar-refractivity contribution in [2.75, 3.05) is 17.6 Å². The Kier molecular flexibility index (Phi) is 7.25. The molecule has 5 heteroatoms. The molecule has 0 atom stereocenters. The van der Waals surface area contributed by atoms with Crippen molar-refractivity contribution < 1.29 is 0 Å². The predicted octanol–water partition coefficient (Wildman–Crippen LogP) is 6.55. The highest BCUT2D eigenvalue weighted by atomic mass is 15.1. The summed E-state index contributed by atoms with van der Waals surface area (Å²) >= 11 is 0. The zero-order chi connectivity index (χ0) is 22.3. The molecule has 0 saturated heterocycles. The lowest BCUT2D eigenvalue weighted by Crippen LogP contribution is -2.06. The fraction of sp³-hybridized carbons (Fsp3) is 0.407. The van der Waals surface area contributed by atoms with Gasteiger partial charge in [0.25, 0.3) is 0 Å². The number of para-hydroxylation sites is 1. The lowest BCUT2D eigenvalue weighted by molar-refractivity contribution is 0.685. The number of imidazole rings is 1. The van der Waals surface area contributed by atoms with Gasteiger partial charge in [0.2, 0.25) is 0 Å². The molecular weight excluding hydrogens is 394 g/mol. The van der Waals surface area contributed by atoms with Crippen LogP contribution in [0.25, 0.3) is 21.9 Å². The van der Waals surface area contributed by atoms with Crippen LogP contribution < -0.4 is 11.1 Å². The molecule has 0 unspecified atom stereocenters. The largest absolute Gasteiger partial charge is 0.385 e. The SMILES string of the molecule is CCCCCCNc1ccc(Cn2c(CCCC)nc3c(N)nc4ccccc4c32)cc1. The Labute approximate surface area is 191 Å². The molecule has 0 fully saturated rings. The Balaban J connectivity index is 1.63. The molecule has 168 valence electrons. The van der Waals surface area contributed by atoms with Crippen molar-refractivity contribution in [2.45, 2.75) is 65.3 Å². The number of hydrogen-bond donors (Lipinski definition) is 2. The standard InChI is InChI=1S/C27H35N5/c1-3-5-7-10-18-29-21-16-14-20(15-17-21)19-32-24(13-6-4-2)31-25-26(32)22-11-8-9-12-23(22)30-27(25)28/h8-9,11-12,14-17,29H,3-7,10,13,18-19H2,1-2H3,(H2,28,30). The summed E-state index contributed by atoms with van der Waals surface area (Å²) in [6.45, 7) is 6.27. The second-order valence-corrected chi connectivity index (χ2v) is 8.61. The molecule has 32 heavy (non-hydrogen) atoms. The number of unbranched alkanes of at least 4 members (excludes halogenated alkanes) is 4. The van der Waals surface area contributed by atoms with E-state index in [-0.39, 0.29) is 0 Å². The molecule has 0 aliphatic heterocycles. The minimum absolute atomic E-state index is 0.512. The number of benzene rings is 2. The van der Waals surface area contributed by atoms with E-state index >= 15 is 0 Å². The molecule has 0 radical (unpaired) electrons. The van der Waals surface area contributed by atoms with Gasteiger partial charge in [0, 0.05) is 30.6 Å². The van der Waals surface area contributed by atoms with Crippen molar-refractivity contribution in [1.29, 1.82) is 0 Å². The number of fused-ring (bicyclic) bond motifs is 3. The van der Waals surface area contributed by atoms with Gasteiger partial charge >= 0.3 is 0 Å². The van der Waals surface area contributed by atoms with Crippen LogP contribution in [0.5, 0.6) is 0 Å². The van der Waals surface area contributed by atoms with E-state index in [0.717, 1.165) is 60.1 Å². The fourth-order valence-corrected chi connectivity index (χ4v) is 4.30. The maximum absolute atomic E-state index is 6.33. The van der Waals surface area contributed by atoms with Crippen LogP contribution in [0.3, 0.4) is 0 Å². The predicted molar refractivity (Wildman–Crippen MR) is 136 cm³/mol. The van der Waals surface area contributed by atoms with Crippen LogP contribution in [0.4, 0.5) is 11.5 Å². The molecule has 4 rings (SSSR count). The summed E-state index contributed by atoms with van der Waals surface area (Å²) in [5, 5.41) is 4.65. The van der Waals surface area contributed by atoms with Gasteiger partial charge < -0.3 is 15.6 Å². The zero-order valence-electron chi connectivity index (χ0n) is 19.4. The summed E-state index contributed by atoms with van der Waals surface area (Å²) in [5.41, 5.74) is 11.6. The van der Waals surface area contributed by atoms with Gasteiger partial charge in [-0.25, -0.2) is 9.97 Å². The number of nitrogen functional groups attached to an aromatic ring is 1. The number of rotatable bonds is 11. The molecular formula is C27H35N5. The van der Waals surface area contributed by atoms with E-state index in [1.807, 2.05) is 12.1 Å². The third-order valence-electron chi connectivity index (χ3n) is 6.10. The maximum Gasteiger partial charge on any atom is 0.152 e. The summed E-state index contributed by atoms with van der Waals surface area (Å²) in [4.78, 5) is 9.54. The highest BCUT2D eigenvalue weighted by molar-refractivity contribution is 6.06. The Morgan fingerprint density at radius 2 is 1.66 bits per heavy atom. The first-order valence-electron chi connectivity index (χ1n) is 12.1. The van der Waals surface area contributed by atoms with Gasteiger partial charge in [-0.2, -0.15) is 0 Å². The lowest BCUT2D eigenvalue weighted by Gasteiger charge is -2.12. The highest BCUT2D eigenvalue weighted by Crippen LogP contribution is 2.30. The van der Waals surface area contributed by atoms with Gasteiger partial charge in [0.05, 0.1) is 11.0 Å². The van der Waals surface area contributed by atoms with Gasteiger partial charge in [-0.1, -0.05) is 69.9 Å². The number of anilines is 2.